The summed E-state index contributed by atoms with van der Waals surface area (Å²) in [6.45, 7) is 0.518. The molecular formula is C27H26FN3O3. The van der Waals surface area contributed by atoms with Gasteiger partial charge in [0.15, 0.2) is 0 Å². The molecule has 3 amide bonds. The van der Waals surface area contributed by atoms with Gasteiger partial charge in [0.1, 0.15) is 5.82 Å². The minimum atomic E-state index is -1.44. The lowest BCUT2D eigenvalue weighted by molar-refractivity contribution is -0.143. The van der Waals surface area contributed by atoms with Crippen LogP contribution in [0.3, 0.4) is 0 Å². The van der Waals surface area contributed by atoms with Gasteiger partial charge in [0.05, 0.1) is 12.0 Å². The Balaban J connectivity index is 1.59. The molecule has 0 bridgehead atoms. The number of amides is 3. The minimum absolute atomic E-state index is 0.0562. The molecule has 1 atom stereocenters. The van der Waals surface area contributed by atoms with Gasteiger partial charge in [-0.1, -0.05) is 48.5 Å². The van der Waals surface area contributed by atoms with Gasteiger partial charge in [-0.3, -0.25) is 24.3 Å². The van der Waals surface area contributed by atoms with Crippen molar-refractivity contribution < 1.29 is 18.8 Å². The number of rotatable bonds is 8. The Kier molecular flexibility index (Phi) is 6.82. The predicted molar refractivity (Wildman–Crippen MR) is 125 cm³/mol. The molecule has 3 aromatic rings. The Morgan fingerprint density at radius 1 is 1.06 bits per heavy atom. The molecule has 0 aliphatic carbocycles. The standard InChI is InChI=1S/C27H26FN3O3/c1-30(14-12-20-7-3-2-4-8-20)24(32)16-27(22-10-5-11-23(28)15-22)17-25(33)31(26(27)34)19-21-9-6-13-29-18-21/h2-11,13,15,18H,12,14,16-17,19H2,1H3/t27-/m0/s1. The Morgan fingerprint density at radius 3 is 2.53 bits per heavy atom. The van der Waals surface area contributed by atoms with E-state index in [1.54, 1.807) is 42.5 Å². The van der Waals surface area contributed by atoms with E-state index in [2.05, 4.69) is 4.98 Å². The van der Waals surface area contributed by atoms with Crippen LogP contribution in [0.4, 0.5) is 4.39 Å². The highest BCUT2D eigenvalue weighted by Crippen LogP contribution is 2.41. The number of likely N-dealkylation sites (N-methyl/N-ethyl adjacent to an activating group) is 1. The number of nitrogens with zero attached hydrogens (tertiary/aromatic N) is 3. The normalized spacial score (nSPS) is 17.8. The Morgan fingerprint density at radius 2 is 1.82 bits per heavy atom. The van der Waals surface area contributed by atoms with Gasteiger partial charge in [-0.25, -0.2) is 4.39 Å². The first-order valence-corrected chi connectivity index (χ1v) is 11.2. The van der Waals surface area contributed by atoms with Gasteiger partial charge < -0.3 is 4.90 Å². The molecule has 2 heterocycles. The van der Waals surface area contributed by atoms with Crippen molar-refractivity contribution in [1.82, 2.24) is 14.8 Å². The molecule has 0 spiro atoms. The van der Waals surface area contributed by atoms with Crippen LogP contribution in [0.2, 0.25) is 0 Å². The number of aromatic nitrogens is 1. The zero-order valence-corrected chi connectivity index (χ0v) is 19.0. The lowest BCUT2D eigenvalue weighted by atomic mass is 9.75. The van der Waals surface area contributed by atoms with Crippen LogP contribution >= 0.6 is 0 Å². The van der Waals surface area contributed by atoms with Crippen LogP contribution in [-0.2, 0) is 32.8 Å². The molecule has 1 aliphatic heterocycles. The van der Waals surface area contributed by atoms with E-state index < -0.39 is 23.0 Å². The summed E-state index contributed by atoms with van der Waals surface area (Å²) in [6, 6.07) is 18.9. The van der Waals surface area contributed by atoms with E-state index >= 15 is 0 Å². The number of pyridine rings is 1. The smallest absolute Gasteiger partial charge is 0.241 e. The van der Waals surface area contributed by atoms with Crippen molar-refractivity contribution in [3.05, 3.63) is 102 Å². The third-order valence-corrected chi connectivity index (χ3v) is 6.31. The summed E-state index contributed by atoms with van der Waals surface area (Å²) in [7, 11) is 1.68. The highest BCUT2D eigenvalue weighted by Gasteiger charge is 2.54. The topological polar surface area (TPSA) is 70.6 Å². The fraction of sp³-hybridized carbons (Fsp3) is 0.259. The number of halogens is 1. The maximum Gasteiger partial charge on any atom is 0.241 e. The van der Waals surface area contributed by atoms with E-state index in [1.807, 2.05) is 30.3 Å². The second-order valence-electron chi connectivity index (χ2n) is 8.64. The number of likely N-dealkylation sites (tertiary alicyclic amines) is 1. The summed E-state index contributed by atoms with van der Waals surface area (Å²) < 4.78 is 14.1. The van der Waals surface area contributed by atoms with Gasteiger partial charge in [0.2, 0.25) is 17.7 Å². The zero-order chi connectivity index (χ0) is 24.1. The first-order chi connectivity index (χ1) is 16.4. The quantitative estimate of drug-likeness (QED) is 0.484. The van der Waals surface area contributed by atoms with Crippen LogP contribution in [-0.4, -0.2) is 46.1 Å². The lowest BCUT2D eigenvalue weighted by Crippen LogP contribution is -2.43. The van der Waals surface area contributed by atoms with Crippen molar-refractivity contribution >= 4 is 17.7 Å². The number of hydrogen-bond donors (Lipinski definition) is 0. The van der Waals surface area contributed by atoms with Gasteiger partial charge in [-0.2, -0.15) is 0 Å². The lowest BCUT2D eigenvalue weighted by Gasteiger charge is -2.29. The van der Waals surface area contributed by atoms with Crippen LogP contribution in [0.25, 0.3) is 0 Å². The van der Waals surface area contributed by atoms with E-state index in [9.17, 15) is 18.8 Å². The first-order valence-electron chi connectivity index (χ1n) is 11.2. The van der Waals surface area contributed by atoms with Crippen molar-refractivity contribution in [2.75, 3.05) is 13.6 Å². The predicted octanol–water partition coefficient (Wildman–Crippen LogP) is 3.51. The molecule has 0 unspecified atom stereocenters. The van der Waals surface area contributed by atoms with Gasteiger partial charge in [0, 0.05) is 38.8 Å². The monoisotopic (exact) mass is 459 g/mol. The number of carbonyl (C=O) groups is 3. The average molecular weight is 460 g/mol. The van der Waals surface area contributed by atoms with Crippen LogP contribution in [0, 0.1) is 5.82 Å². The highest BCUT2D eigenvalue weighted by atomic mass is 19.1. The molecule has 0 saturated carbocycles. The molecule has 0 N–H and O–H groups in total. The van der Waals surface area contributed by atoms with Crippen molar-refractivity contribution in [3.8, 4) is 0 Å². The highest BCUT2D eigenvalue weighted by molar-refractivity contribution is 6.10. The van der Waals surface area contributed by atoms with Crippen LogP contribution in [0.15, 0.2) is 79.1 Å². The largest absolute Gasteiger partial charge is 0.345 e. The summed E-state index contributed by atoms with van der Waals surface area (Å²) in [5.74, 6) is -1.67. The van der Waals surface area contributed by atoms with Gasteiger partial charge >= 0.3 is 0 Å². The number of benzene rings is 2. The molecule has 4 rings (SSSR count). The van der Waals surface area contributed by atoms with Crippen LogP contribution in [0.1, 0.15) is 29.5 Å². The molecule has 174 valence electrons. The molecule has 6 nitrogen and oxygen atoms in total. The third-order valence-electron chi connectivity index (χ3n) is 6.31. The van der Waals surface area contributed by atoms with E-state index in [1.165, 1.54) is 18.2 Å². The fourth-order valence-electron chi connectivity index (χ4n) is 4.35. The molecular weight excluding hydrogens is 433 g/mol. The summed E-state index contributed by atoms with van der Waals surface area (Å²) >= 11 is 0. The zero-order valence-electron chi connectivity index (χ0n) is 19.0. The molecule has 7 heteroatoms. The van der Waals surface area contributed by atoms with Crippen molar-refractivity contribution in [2.24, 2.45) is 0 Å². The minimum Gasteiger partial charge on any atom is -0.345 e. The average Bonchev–Trinajstić information content (AvgIpc) is 3.08. The molecule has 34 heavy (non-hydrogen) atoms. The van der Waals surface area contributed by atoms with Crippen LogP contribution < -0.4 is 0 Å². The van der Waals surface area contributed by atoms with E-state index in [-0.39, 0.29) is 25.3 Å². The van der Waals surface area contributed by atoms with Crippen molar-refractivity contribution in [1.29, 1.82) is 0 Å². The molecule has 1 aliphatic rings. The Bertz CT molecular complexity index is 1190. The van der Waals surface area contributed by atoms with Gasteiger partial charge in [0.25, 0.3) is 0 Å². The maximum atomic E-state index is 14.1. The number of carbonyl (C=O) groups excluding carboxylic acids is 3. The molecule has 1 fully saturated rings. The van der Waals surface area contributed by atoms with Crippen molar-refractivity contribution in [2.45, 2.75) is 31.2 Å². The second-order valence-corrected chi connectivity index (χ2v) is 8.64. The van der Waals surface area contributed by atoms with Gasteiger partial charge in [-0.05, 0) is 41.3 Å². The van der Waals surface area contributed by atoms with E-state index in [0.29, 0.717) is 24.1 Å². The molecule has 0 radical (unpaired) electrons. The fourth-order valence-corrected chi connectivity index (χ4v) is 4.35. The summed E-state index contributed by atoms with van der Waals surface area (Å²) in [5, 5.41) is 0. The van der Waals surface area contributed by atoms with Gasteiger partial charge in [-0.15, -0.1) is 0 Å². The third kappa shape index (κ3) is 4.88. The second kappa shape index (κ2) is 9.95. The maximum absolute atomic E-state index is 14.1. The summed E-state index contributed by atoms with van der Waals surface area (Å²) in [5.41, 5.74) is 0.686. The van der Waals surface area contributed by atoms with Crippen molar-refractivity contribution in [3.63, 3.8) is 0 Å². The summed E-state index contributed by atoms with van der Waals surface area (Å²) in [4.78, 5) is 46.7. The molecule has 2 aromatic carbocycles. The molecule has 1 saturated heterocycles. The Labute approximate surface area is 198 Å². The van der Waals surface area contributed by atoms with E-state index in [0.717, 1.165) is 10.5 Å². The number of hydrogen-bond acceptors (Lipinski definition) is 4. The Hall–Kier alpha value is -3.87. The SMILES string of the molecule is CN(CCc1ccccc1)C(=O)C[C@@]1(c2cccc(F)c2)CC(=O)N(Cc2cccnc2)C1=O. The molecule has 1 aromatic heterocycles. The van der Waals surface area contributed by atoms with Crippen LogP contribution in [0.5, 0.6) is 0 Å². The number of imide groups is 1. The van der Waals surface area contributed by atoms with E-state index in [4.69, 9.17) is 0 Å². The first kappa shape index (κ1) is 23.3. The summed E-state index contributed by atoms with van der Waals surface area (Å²) in [6.07, 6.45) is 3.46.